The van der Waals surface area contributed by atoms with E-state index < -0.39 is 26.3 Å². The van der Waals surface area contributed by atoms with E-state index in [2.05, 4.69) is 79.6 Å². The second kappa shape index (κ2) is 6.46. The molecule has 1 aromatic carbocycles. The highest BCUT2D eigenvalue weighted by atomic mass is 79.9. The highest BCUT2D eigenvalue weighted by Gasteiger charge is 2.88. The summed E-state index contributed by atoms with van der Waals surface area (Å²) < 4.78 is 11.7. The second-order valence-corrected chi connectivity index (χ2v) is 11.5. The fraction of sp³-hybridized carbons (Fsp3) is 0.412. The van der Waals surface area contributed by atoms with Gasteiger partial charge in [0.15, 0.2) is 0 Å². The van der Waals surface area contributed by atoms with E-state index in [4.69, 9.17) is 9.47 Å². The Morgan fingerprint density at radius 3 is 1.63 bits per heavy atom. The highest BCUT2D eigenvalue weighted by molar-refractivity contribution is 9.16. The summed E-state index contributed by atoms with van der Waals surface area (Å²) in [6.07, 6.45) is 0. The number of fused-ring (bicyclic) bond motifs is 5. The van der Waals surface area contributed by atoms with Crippen LogP contribution < -0.4 is 4.90 Å². The minimum atomic E-state index is -1.30. The van der Waals surface area contributed by atoms with Crippen molar-refractivity contribution in [2.45, 2.75) is 14.4 Å². The van der Waals surface area contributed by atoms with Crippen molar-refractivity contribution in [3.8, 4) is 0 Å². The van der Waals surface area contributed by atoms with Gasteiger partial charge < -0.3 is 9.47 Å². The molecule has 0 radical (unpaired) electrons. The van der Waals surface area contributed by atoms with Crippen molar-refractivity contribution in [2.75, 3.05) is 19.1 Å². The third-order valence-electron chi connectivity index (χ3n) is 5.61. The maximum absolute atomic E-state index is 13.5. The van der Waals surface area contributed by atoms with Crippen LogP contribution in [-0.4, -0.2) is 40.5 Å². The number of carbonyl (C=O) groups excluding carboxylic acids is 2. The number of imide groups is 1. The molecule has 27 heavy (non-hydrogen) atoms. The average molecular weight is 694 g/mol. The lowest BCUT2D eigenvalue weighted by Crippen LogP contribution is -2.59. The van der Waals surface area contributed by atoms with Gasteiger partial charge in [0.2, 0.25) is 17.6 Å². The van der Waals surface area contributed by atoms with Gasteiger partial charge in [-0.15, -0.1) is 0 Å². The summed E-state index contributed by atoms with van der Waals surface area (Å²) in [5, 5.41) is 0. The van der Waals surface area contributed by atoms with Crippen LogP contribution in [0.1, 0.15) is 0 Å². The number of benzene rings is 1. The van der Waals surface area contributed by atoms with Crippen LogP contribution in [0.15, 0.2) is 37.7 Å². The Labute approximate surface area is 197 Å². The van der Waals surface area contributed by atoms with Crippen molar-refractivity contribution in [2.24, 2.45) is 11.8 Å². The molecule has 5 nitrogen and oxygen atoms in total. The van der Waals surface area contributed by atoms with Crippen molar-refractivity contribution in [1.82, 2.24) is 0 Å². The first-order chi connectivity index (χ1) is 12.6. The number of hydrogen-bond donors (Lipinski definition) is 0. The number of methoxy groups -OCH3 is 2. The molecule has 144 valence electrons. The van der Waals surface area contributed by atoms with Gasteiger partial charge in [0.25, 0.3) is 0 Å². The molecular formula is C17H12Br5NO4. The first-order valence-electron chi connectivity index (χ1n) is 7.81. The molecule has 1 aliphatic heterocycles. The van der Waals surface area contributed by atoms with Crippen LogP contribution in [0.2, 0.25) is 0 Å². The molecule has 2 bridgehead atoms. The number of ether oxygens (including phenoxy) is 2. The van der Waals surface area contributed by atoms with Crippen LogP contribution >= 0.6 is 79.6 Å². The zero-order valence-electron chi connectivity index (χ0n) is 13.9. The van der Waals surface area contributed by atoms with Gasteiger partial charge in [0.05, 0.1) is 17.5 Å². The Morgan fingerprint density at radius 1 is 0.852 bits per heavy atom. The molecule has 1 heterocycles. The summed E-state index contributed by atoms with van der Waals surface area (Å²) in [6, 6.07) is 7.07. The molecule has 10 heteroatoms. The first kappa shape index (κ1) is 20.7. The maximum Gasteiger partial charge on any atom is 0.239 e. The largest absolute Gasteiger partial charge is 0.350 e. The van der Waals surface area contributed by atoms with Crippen LogP contribution in [0.25, 0.3) is 0 Å². The maximum atomic E-state index is 13.5. The summed E-state index contributed by atoms with van der Waals surface area (Å²) in [7, 11) is 3.01. The predicted octanol–water partition coefficient (Wildman–Crippen LogP) is 4.84. The highest BCUT2D eigenvalue weighted by Crippen LogP contribution is 2.77. The first-order valence-corrected chi connectivity index (χ1v) is 11.8. The molecule has 2 fully saturated rings. The number of rotatable bonds is 3. The van der Waals surface area contributed by atoms with Crippen molar-refractivity contribution < 1.29 is 19.1 Å². The van der Waals surface area contributed by atoms with E-state index in [1.54, 1.807) is 24.3 Å². The second-order valence-electron chi connectivity index (χ2n) is 6.52. The van der Waals surface area contributed by atoms with Gasteiger partial charge in [0, 0.05) is 27.7 Å². The Bertz CT molecular complexity index is 853. The van der Waals surface area contributed by atoms with Crippen molar-refractivity contribution >= 4 is 97.2 Å². The summed E-state index contributed by atoms with van der Waals surface area (Å²) in [6.45, 7) is 0. The van der Waals surface area contributed by atoms with E-state index in [-0.39, 0.29) is 11.8 Å². The molecule has 1 saturated heterocycles. The molecule has 4 unspecified atom stereocenters. The number of anilines is 1. The van der Waals surface area contributed by atoms with E-state index in [1.165, 1.54) is 19.1 Å². The summed E-state index contributed by atoms with van der Waals surface area (Å²) in [5.41, 5.74) is 0.530. The Hall–Kier alpha value is 0.420. The fourth-order valence-corrected chi connectivity index (χ4v) is 9.84. The zero-order valence-corrected chi connectivity index (χ0v) is 21.9. The summed E-state index contributed by atoms with van der Waals surface area (Å²) in [4.78, 5) is 28.2. The van der Waals surface area contributed by atoms with Gasteiger partial charge in [-0.3, -0.25) is 9.59 Å². The van der Waals surface area contributed by atoms with Crippen molar-refractivity contribution in [1.29, 1.82) is 0 Å². The van der Waals surface area contributed by atoms with E-state index in [0.29, 0.717) is 14.7 Å². The average Bonchev–Trinajstić information content (AvgIpc) is 3.07. The zero-order chi connectivity index (χ0) is 19.9. The predicted molar refractivity (Wildman–Crippen MR) is 119 cm³/mol. The van der Waals surface area contributed by atoms with Gasteiger partial charge >= 0.3 is 0 Å². The summed E-state index contributed by atoms with van der Waals surface area (Å²) in [5.74, 6) is -3.35. The number of carbonyl (C=O) groups is 2. The van der Waals surface area contributed by atoms with Crippen molar-refractivity contribution in [3.63, 3.8) is 0 Å². The van der Waals surface area contributed by atoms with E-state index in [0.717, 1.165) is 4.47 Å². The molecule has 0 spiro atoms. The van der Waals surface area contributed by atoms with Gasteiger partial charge in [-0.05, 0) is 24.3 Å². The Morgan fingerprint density at radius 2 is 1.26 bits per heavy atom. The molecule has 0 aromatic heterocycles. The van der Waals surface area contributed by atoms with E-state index in [9.17, 15) is 9.59 Å². The lowest BCUT2D eigenvalue weighted by atomic mass is 9.85. The van der Waals surface area contributed by atoms with Crippen LogP contribution in [0.4, 0.5) is 5.69 Å². The van der Waals surface area contributed by atoms with Gasteiger partial charge in [-0.1, -0.05) is 79.6 Å². The molecule has 0 N–H and O–H groups in total. The van der Waals surface area contributed by atoms with Crippen LogP contribution in [0.3, 0.4) is 0 Å². The van der Waals surface area contributed by atoms with Crippen molar-refractivity contribution in [3.05, 3.63) is 37.7 Å². The molecule has 3 aliphatic rings. The fourth-order valence-electron chi connectivity index (χ4n) is 4.55. The number of nitrogens with zero attached hydrogens (tertiary/aromatic N) is 1. The molecular weight excluding hydrogens is 682 g/mol. The SMILES string of the molecule is COC1(OC)C2(Br)C(Br)=C(Br)C1(Br)C1C(=O)N(c3ccc(Br)cc3)C(=O)C12. The van der Waals surface area contributed by atoms with E-state index >= 15 is 0 Å². The Kier molecular flexibility index (Phi) is 4.95. The summed E-state index contributed by atoms with van der Waals surface area (Å²) >= 11 is 18.0. The lowest BCUT2D eigenvalue weighted by molar-refractivity contribution is -0.215. The monoisotopic (exact) mass is 689 g/mol. The number of halogens is 5. The van der Waals surface area contributed by atoms with Gasteiger partial charge in [-0.2, -0.15) is 0 Å². The van der Waals surface area contributed by atoms with Gasteiger partial charge in [-0.25, -0.2) is 4.90 Å². The van der Waals surface area contributed by atoms with Crippen LogP contribution in [0, 0.1) is 11.8 Å². The smallest absolute Gasteiger partial charge is 0.239 e. The minimum absolute atomic E-state index is 0.305. The molecule has 1 saturated carbocycles. The third kappa shape index (κ3) is 2.11. The standard InChI is InChI=1S/C17H12Br5NO4/c1-26-17(27-2)15(21)9-10(16(17,22)12(20)11(15)19)14(25)23(13(9)24)8-5-3-7(18)4-6-8/h3-6,9-10H,1-2H3. The topological polar surface area (TPSA) is 55.8 Å². The van der Waals surface area contributed by atoms with E-state index in [1.807, 2.05) is 0 Å². The quantitative estimate of drug-likeness (QED) is 0.259. The lowest BCUT2D eigenvalue weighted by Gasteiger charge is -2.43. The molecule has 4 rings (SSSR count). The molecule has 4 atom stereocenters. The number of hydrogen-bond acceptors (Lipinski definition) is 4. The third-order valence-corrected chi connectivity index (χ3v) is 12.6. The van der Waals surface area contributed by atoms with Crippen LogP contribution in [0.5, 0.6) is 0 Å². The molecule has 1 aromatic rings. The van der Waals surface area contributed by atoms with Gasteiger partial charge in [0.1, 0.15) is 8.65 Å². The number of alkyl halides is 2. The van der Waals surface area contributed by atoms with Crippen LogP contribution in [-0.2, 0) is 19.1 Å². The number of amides is 2. The molecule has 2 aliphatic carbocycles. The minimum Gasteiger partial charge on any atom is -0.350 e. The molecule has 2 amide bonds. The normalized spacial score (nSPS) is 36.8. The Balaban J connectivity index is 1.92.